The van der Waals surface area contributed by atoms with E-state index >= 15 is 0 Å². The number of ether oxygens (including phenoxy) is 1. The van der Waals surface area contributed by atoms with Gasteiger partial charge < -0.3 is 20.2 Å². The van der Waals surface area contributed by atoms with Crippen molar-refractivity contribution in [3.05, 3.63) is 53.6 Å². The van der Waals surface area contributed by atoms with Crippen molar-refractivity contribution in [2.45, 2.75) is 25.1 Å². The number of hydrogen-bond acceptors (Lipinski definition) is 6. The van der Waals surface area contributed by atoms with Crippen molar-refractivity contribution in [2.24, 2.45) is 0 Å². The summed E-state index contributed by atoms with van der Waals surface area (Å²) in [6, 6.07) is 6.01. The first-order valence-electron chi connectivity index (χ1n) is 8.50. The third-order valence-corrected chi connectivity index (χ3v) is 4.64. The number of aromatic nitrogens is 1. The van der Waals surface area contributed by atoms with E-state index in [9.17, 15) is 14.3 Å². The first-order chi connectivity index (χ1) is 12.6. The van der Waals surface area contributed by atoms with E-state index in [-0.39, 0.29) is 17.5 Å². The average molecular weight is 358 g/mol. The summed E-state index contributed by atoms with van der Waals surface area (Å²) in [5, 5.41) is 14.4. The number of hydrogen-bond donors (Lipinski definition) is 3. The maximum atomic E-state index is 13.8. The van der Waals surface area contributed by atoms with E-state index in [0.717, 1.165) is 25.1 Å². The lowest BCUT2D eigenvalue weighted by atomic mass is 10.1. The second-order valence-corrected chi connectivity index (χ2v) is 6.38. The van der Waals surface area contributed by atoms with E-state index in [2.05, 4.69) is 15.7 Å². The normalized spacial score (nSPS) is 21.7. The van der Waals surface area contributed by atoms with Crippen molar-refractivity contribution in [1.82, 2.24) is 10.4 Å². The molecule has 1 fully saturated rings. The number of nitrogens with one attached hydrogen (secondary N) is 2. The lowest BCUT2D eigenvalue weighted by Gasteiger charge is -2.24. The van der Waals surface area contributed by atoms with Crippen LogP contribution in [-0.2, 0) is 4.74 Å². The fourth-order valence-corrected chi connectivity index (χ4v) is 3.40. The van der Waals surface area contributed by atoms with Gasteiger partial charge in [0.1, 0.15) is 12.0 Å². The van der Waals surface area contributed by atoms with Crippen LogP contribution in [0.2, 0.25) is 0 Å². The molecule has 2 atom stereocenters. The van der Waals surface area contributed by atoms with Gasteiger partial charge in [-0.15, -0.1) is 0 Å². The molecule has 2 aliphatic heterocycles. The van der Waals surface area contributed by atoms with Crippen LogP contribution in [0.4, 0.5) is 15.8 Å². The van der Waals surface area contributed by atoms with Gasteiger partial charge in [0, 0.05) is 18.4 Å². The predicted octanol–water partition coefficient (Wildman–Crippen LogP) is 2.53. The highest BCUT2D eigenvalue weighted by molar-refractivity contribution is 5.94. The van der Waals surface area contributed by atoms with Crippen LogP contribution in [0.25, 0.3) is 0 Å². The molecule has 3 heterocycles. The minimum atomic E-state index is -1.05. The highest BCUT2D eigenvalue weighted by Crippen LogP contribution is 2.35. The number of carbonyl (C=O) groups is 1. The summed E-state index contributed by atoms with van der Waals surface area (Å²) in [6.07, 6.45) is 4.55. The highest BCUT2D eigenvalue weighted by atomic mass is 19.1. The van der Waals surface area contributed by atoms with Crippen molar-refractivity contribution in [3.63, 3.8) is 0 Å². The second-order valence-electron chi connectivity index (χ2n) is 6.38. The Balaban J connectivity index is 1.61. The summed E-state index contributed by atoms with van der Waals surface area (Å²) in [7, 11) is 0. The Morgan fingerprint density at radius 3 is 3.12 bits per heavy atom. The molecule has 0 radical (unpaired) electrons. The van der Waals surface area contributed by atoms with E-state index in [1.165, 1.54) is 30.6 Å². The number of fused-ring (bicyclic) bond motifs is 1. The minimum absolute atomic E-state index is 0.109. The van der Waals surface area contributed by atoms with Crippen LogP contribution >= 0.6 is 0 Å². The number of carboxylic acid groups (broad SMARTS) is 1. The Morgan fingerprint density at radius 2 is 2.35 bits per heavy atom. The standard InChI is InChI=1S/C18H19FN4O3/c19-11-3-4-16-14(8-11)17(22-23(16)10-12-2-1-7-26-12)21-15-9-20-6-5-13(15)18(24)25/h3-6,8-9,12,17,21-22H,1-2,7,10H2,(H,24,25). The quantitative estimate of drug-likeness (QED) is 0.757. The summed E-state index contributed by atoms with van der Waals surface area (Å²) in [4.78, 5) is 15.4. The third-order valence-electron chi connectivity index (χ3n) is 4.64. The van der Waals surface area contributed by atoms with Gasteiger partial charge in [0.2, 0.25) is 0 Å². The Kier molecular flexibility index (Phi) is 4.44. The predicted molar refractivity (Wildman–Crippen MR) is 93.4 cm³/mol. The van der Waals surface area contributed by atoms with Gasteiger partial charge in [0.15, 0.2) is 0 Å². The van der Waals surface area contributed by atoms with Crippen LogP contribution in [0.3, 0.4) is 0 Å². The van der Waals surface area contributed by atoms with E-state index in [4.69, 9.17) is 4.74 Å². The fraction of sp³-hybridized carbons (Fsp3) is 0.333. The molecule has 1 aromatic heterocycles. The lowest BCUT2D eigenvalue weighted by Crippen LogP contribution is -2.41. The molecular weight excluding hydrogens is 339 g/mol. The van der Waals surface area contributed by atoms with Crippen LogP contribution in [-0.4, -0.2) is 35.3 Å². The smallest absolute Gasteiger partial charge is 0.337 e. The number of benzene rings is 1. The van der Waals surface area contributed by atoms with Crippen molar-refractivity contribution >= 4 is 17.3 Å². The van der Waals surface area contributed by atoms with Crippen molar-refractivity contribution < 1.29 is 19.0 Å². The Labute approximate surface area is 149 Å². The van der Waals surface area contributed by atoms with E-state index in [1.807, 2.05) is 5.01 Å². The molecule has 26 heavy (non-hydrogen) atoms. The van der Waals surface area contributed by atoms with Gasteiger partial charge in [-0.2, -0.15) is 0 Å². The molecule has 2 unspecified atom stereocenters. The molecule has 136 valence electrons. The largest absolute Gasteiger partial charge is 0.478 e. The van der Waals surface area contributed by atoms with Crippen LogP contribution in [0, 0.1) is 5.82 Å². The van der Waals surface area contributed by atoms with E-state index in [1.54, 1.807) is 6.07 Å². The zero-order valence-corrected chi connectivity index (χ0v) is 14.0. The molecule has 1 aromatic carbocycles. The van der Waals surface area contributed by atoms with Crippen molar-refractivity contribution in [2.75, 3.05) is 23.5 Å². The SMILES string of the molecule is O=C(O)c1ccncc1NC1NN(CC2CCCO2)c2ccc(F)cc21. The van der Waals surface area contributed by atoms with Gasteiger partial charge >= 0.3 is 5.97 Å². The fourth-order valence-electron chi connectivity index (χ4n) is 3.40. The number of pyridine rings is 1. The minimum Gasteiger partial charge on any atom is -0.478 e. The number of anilines is 2. The Hall–Kier alpha value is -2.71. The summed E-state index contributed by atoms with van der Waals surface area (Å²) in [5.41, 5.74) is 5.31. The first-order valence-corrected chi connectivity index (χ1v) is 8.50. The van der Waals surface area contributed by atoms with Crippen LogP contribution in [0.5, 0.6) is 0 Å². The Bertz CT molecular complexity index is 826. The summed E-state index contributed by atoms with van der Waals surface area (Å²) < 4.78 is 19.5. The second kappa shape index (κ2) is 6.89. The third kappa shape index (κ3) is 3.21. The highest BCUT2D eigenvalue weighted by Gasteiger charge is 2.31. The van der Waals surface area contributed by atoms with E-state index in [0.29, 0.717) is 17.8 Å². The zero-order chi connectivity index (χ0) is 18.1. The van der Waals surface area contributed by atoms with Gasteiger partial charge in [0.05, 0.1) is 35.8 Å². The van der Waals surface area contributed by atoms with Crippen LogP contribution < -0.4 is 15.8 Å². The molecule has 0 bridgehead atoms. The molecule has 8 heteroatoms. The lowest BCUT2D eigenvalue weighted by molar-refractivity contribution is 0.0697. The maximum absolute atomic E-state index is 13.8. The van der Waals surface area contributed by atoms with Crippen molar-refractivity contribution in [3.8, 4) is 0 Å². The number of rotatable bonds is 5. The molecule has 1 saturated heterocycles. The molecular formula is C18H19FN4O3. The summed E-state index contributed by atoms with van der Waals surface area (Å²) >= 11 is 0. The number of aromatic carboxylic acids is 1. The summed E-state index contributed by atoms with van der Waals surface area (Å²) in [6.45, 7) is 1.39. The van der Waals surface area contributed by atoms with E-state index < -0.39 is 12.1 Å². The number of nitrogens with zero attached hydrogens (tertiary/aromatic N) is 2. The summed E-state index contributed by atoms with van der Waals surface area (Å²) in [5.74, 6) is -1.40. The van der Waals surface area contributed by atoms with Gasteiger partial charge in [-0.05, 0) is 37.1 Å². The van der Waals surface area contributed by atoms with Gasteiger partial charge in [-0.25, -0.2) is 14.6 Å². The number of halogens is 1. The van der Waals surface area contributed by atoms with Gasteiger partial charge in [-0.1, -0.05) is 0 Å². The molecule has 4 rings (SSSR count). The van der Waals surface area contributed by atoms with Crippen LogP contribution in [0.1, 0.15) is 34.9 Å². The maximum Gasteiger partial charge on any atom is 0.337 e. The first kappa shape index (κ1) is 16.7. The molecule has 7 nitrogen and oxygen atoms in total. The monoisotopic (exact) mass is 358 g/mol. The van der Waals surface area contributed by atoms with Gasteiger partial charge in [-0.3, -0.25) is 4.98 Å². The molecule has 2 aliphatic rings. The molecule has 0 aliphatic carbocycles. The zero-order valence-electron chi connectivity index (χ0n) is 14.0. The molecule has 0 saturated carbocycles. The molecule has 0 amide bonds. The topological polar surface area (TPSA) is 86.7 Å². The molecule has 3 N–H and O–H groups in total. The van der Waals surface area contributed by atoms with Crippen LogP contribution in [0.15, 0.2) is 36.7 Å². The van der Waals surface area contributed by atoms with Gasteiger partial charge in [0.25, 0.3) is 0 Å². The molecule has 2 aromatic rings. The Morgan fingerprint density at radius 1 is 1.46 bits per heavy atom. The number of hydrazine groups is 1. The molecule has 0 spiro atoms. The van der Waals surface area contributed by atoms with Crippen molar-refractivity contribution in [1.29, 1.82) is 0 Å². The number of carboxylic acids is 1. The average Bonchev–Trinajstić information content (AvgIpc) is 3.24.